The highest BCUT2D eigenvalue weighted by Crippen LogP contribution is 2.39. The van der Waals surface area contributed by atoms with Gasteiger partial charge in [-0.3, -0.25) is 0 Å². The van der Waals surface area contributed by atoms with E-state index in [4.69, 9.17) is 5.73 Å². The second-order valence-electron chi connectivity index (χ2n) is 7.22. The van der Waals surface area contributed by atoms with E-state index in [-0.39, 0.29) is 29.3 Å². The van der Waals surface area contributed by atoms with Gasteiger partial charge in [0.05, 0.1) is 6.04 Å². The average Bonchev–Trinajstić information content (AvgIpc) is 2.25. The van der Waals surface area contributed by atoms with E-state index in [0.29, 0.717) is 5.75 Å². The number of hydrogen-bond donors (Lipinski definition) is 2. The Morgan fingerprint density at radius 2 is 1.60 bits per heavy atom. The highest BCUT2D eigenvalue weighted by molar-refractivity contribution is 5.85. The van der Waals surface area contributed by atoms with Crippen LogP contribution >= 0.6 is 12.4 Å². The molecule has 1 rings (SSSR count). The van der Waals surface area contributed by atoms with Gasteiger partial charge in [0, 0.05) is 5.56 Å². The molecule has 0 aliphatic carbocycles. The largest absolute Gasteiger partial charge is 0.507 e. The Hall–Kier alpha value is -0.990. The van der Waals surface area contributed by atoms with Crippen molar-refractivity contribution in [1.29, 1.82) is 0 Å². The fourth-order valence-electron chi connectivity index (χ4n) is 2.04. The van der Waals surface area contributed by atoms with Gasteiger partial charge in [0.25, 0.3) is 0 Å². The van der Waals surface area contributed by atoms with Gasteiger partial charge in [-0.2, -0.15) is 0 Å². The first-order valence-electron chi connectivity index (χ1n) is 6.74. The zero-order valence-corrected chi connectivity index (χ0v) is 14.3. The molecule has 0 aromatic heterocycles. The molecule has 3 heteroatoms. The summed E-state index contributed by atoms with van der Waals surface area (Å²) in [6, 6.07) is 3.74. The number of phenols is 1. The van der Waals surface area contributed by atoms with Crippen LogP contribution in [0.3, 0.4) is 0 Å². The van der Waals surface area contributed by atoms with Crippen LogP contribution < -0.4 is 5.73 Å². The molecule has 0 spiro atoms. The van der Waals surface area contributed by atoms with Crippen molar-refractivity contribution in [1.82, 2.24) is 0 Å². The Morgan fingerprint density at radius 3 is 1.95 bits per heavy atom. The summed E-state index contributed by atoms with van der Waals surface area (Å²) in [6.07, 6.45) is 1.66. The van der Waals surface area contributed by atoms with Crippen molar-refractivity contribution in [2.75, 3.05) is 0 Å². The topological polar surface area (TPSA) is 46.2 Å². The molecule has 1 aromatic rings. The van der Waals surface area contributed by atoms with Gasteiger partial charge in [0.1, 0.15) is 5.75 Å². The molecule has 3 N–H and O–H groups in total. The molecule has 0 heterocycles. The Balaban J connectivity index is 0.00000361. The van der Waals surface area contributed by atoms with E-state index >= 15 is 0 Å². The molecule has 0 aliphatic rings. The number of halogens is 1. The van der Waals surface area contributed by atoms with E-state index < -0.39 is 0 Å². The van der Waals surface area contributed by atoms with Crippen LogP contribution in [0.25, 0.3) is 0 Å². The maximum Gasteiger partial charge on any atom is 0.124 e. The van der Waals surface area contributed by atoms with Crippen molar-refractivity contribution in [3.05, 3.63) is 41.5 Å². The van der Waals surface area contributed by atoms with Gasteiger partial charge in [0.2, 0.25) is 0 Å². The summed E-state index contributed by atoms with van der Waals surface area (Å²) in [4.78, 5) is 0. The minimum absolute atomic E-state index is 0. The van der Waals surface area contributed by atoms with Gasteiger partial charge in [-0.15, -0.1) is 19.0 Å². The third-order valence-corrected chi connectivity index (χ3v) is 3.43. The summed E-state index contributed by atoms with van der Waals surface area (Å²) in [5.74, 6) is 0.299. The summed E-state index contributed by atoms with van der Waals surface area (Å²) in [6.45, 7) is 16.5. The highest BCUT2D eigenvalue weighted by atomic mass is 35.5. The predicted molar refractivity (Wildman–Crippen MR) is 89.9 cm³/mol. The monoisotopic (exact) mass is 297 g/mol. The number of nitrogens with two attached hydrogens (primary N) is 1. The molecule has 0 fully saturated rings. The lowest BCUT2D eigenvalue weighted by Crippen LogP contribution is -2.19. The van der Waals surface area contributed by atoms with Crippen LogP contribution in [0, 0.1) is 0 Å². The second kappa shape index (κ2) is 6.19. The van der Waals surface area contributed by atoms with E-state index in [0.717, 1.165) is 11.1 Å². The van der Waals surface area contributed by atoms with Gasteiger partial charge in [-0.05, 0) is 28.0 Å². The molecule has 0 saturated heterocycles. The lowest BCUT2D eigenvalue weighted by Gasteiger charge is -2.28. The lowest BCUT2D eigenvalue weighted by atomic mass is 9.78. The van der Waals surface area contributed by atoms with E-state index in [1.165, 1.54) is 5.56 Å². The molecular formula is C17H28ClNO. The normalized spacial score (nSPS) is 13.6. The van der Waals surface area contributed by atoms with Gasteiger partial charge in [0.15, 0.2) is 0 Å². The third kappa shape index (κ3) is 4.00. The quantitative estimate of drug-likeness (QED) is 0.784. The molecule has 0 saturated carbocycles. The first kappa shape index (κ1) is 19.0. The van der Waals surface area contributed by atoms with Crippen LogP contribution in [0.5, 0.6) is 5.75 Å². The van der Waals surface area contributed by atoms with Crippen LogP contribution in [0.15, 0.2) is 24.8 Å². The molecule has 0 unspecified atom stereocenters. The molecule has 114 valence electrons. The van der Waals surface area contributed by atoms with Gasteiger partial charge < -0.3 is 10.8 Å². The second-order valence-corrected chi connectivity index (χ2v) is 7.22. The van der Waals surface area contributed by atoms with E-state index in [1.807, 2.05) is 6.07 Å². The zero-order chi connectivity index (χ0) is 15.0. The summed E-state index contributed by atoms with van der Waals surface area (Å²) in [5.41, 5.74) is 8.81. The highest BCUT2D eigenvalue weighted by Gasteiger charge is 2.25. The number of aromatic hydroxyl groups is 1. The molecule has 1 aromatic carbocycles. The fourth-order valence-corrected chi connectivity index (χ4v) is 2.04. The lowest BCUT2D eigenvalue weighted by molar-refractivity contribution is 0.436. The maximum atomic E-state index is 10.5. The number of benzene rings is 1. The standard InChI is InChI=1S/C17H27NO.ClH/c1-8-14(18)12-9-11(16(2,3)4)10-13(15(12)19)17(5,6)7;/h8-10,14,19H,1,18H2,2-7H3;1H/t14-;/m1./s1. The summed E-state index contributed by atoms with van der Waals surface area (Å²) < 4.78 is 0. The SMILES string of the molecule is C=C[C@@H](N)c1cc(C(C)(C)C)cc(C(C)(C)C)c1O.Cl. The molecule has 0 radical (unpaired) electrons. The van der Waals surface area contributed by atoms with Crippen LogP contribution in [-0.2, 0) is 10.8 Å². The summed E-state index contributed by atoms with van der Waals surface area (Å²) in [5, 5.41) is 10.5. The molecule has 0 amide bonds. The molecule has 2 nitrogen and oxygen atoms in total. The predicted octanol–water partition coefficient (Wildman–Crippen LogP) is 4.59. The van der Waals surface area contributed by atoms with E-state index in [2.05, 4.69) is 54.2 Å². The number of rotatable bonds is 2. The molecule has 20 heavy (non-hydrogen) atoms. The summed E-state index contributed by atoms with van der Waals surface area (Å²) in [7, 11) is 0. The molecular weight excluding hydrogens is 270 g/mol. The van der Waals surface area contributed by atoms with Crippen LogP contribution in [-0.4, -0.2) is 5.11 Å². The summed E-state index contributed by atoms with van der Waals surface area (Å²) >= 11 is 0. The smallest absolute Gasteiger partial charge is 0.124 e. The Labute approximate surface area is 129 Å². The van der Waals surface area contributed by atoms with Crippen molar-refractivity contribution in [3.63, 3.8) is 0 Å². The van der Waals surface area contributed by atoms with Gasteiger partial charge in [-0.1, -0.05) is 53.7 Å². The zero-order valence-electron chi connectivity index (χ0n) is 13.4. The van der Waals surface area contributed by atoms with E-state index in [9.17, 15) is 5.11 Å². The van der Waals surface area contributed by atoms with Crippen LogP contribution in [0.1, 0.15) is 64.3 Å². The Morgan fingerprint density at radius 1 is 1.10 bits per heavy atom. The maximum absolute atomic E-state index is 10.5. The van der Waals surface area contributed by atoms with Crippen molar-refractivity contribution in [3.8, 4) is 5.75 Å². The Bertz CT molecular complexity index is 481. The van der Waals surface area contributed by atoms with E-state index in [1.54, 1.807) is 6.08 Å². The van der Waals surface area contributed by atoms with Crippen molar-refractivity contribution < 1.29 is 5.11 Å². The third-order valence-electron chi connectivity index (χ3n) is 3.43. The van der Waals surface area contributed by atoms with Crippen molar-refractivity contribution in [2.45, 2.75) is 58.4 Å². The fraction of sp³-hybridized carbons (Fsp3) is 0.529. The number of hydrogen-bond acceptors (Lipinski definition) is 2. The molecule has 1 atom stereocenters. The van der Waals surface area contributed by atoms with Crippen molar-refractivity contribution >= 4 is 12.4 Å². The van der Waals surface area contributed by atoms with Crippen LogP contribution in [0.2, 0.25) is 0 Å². The number of phenolic OH excluding ortho intramolecular Hbond substituents is 1. The minimum atomic E-state index is -0.344. The molecule has 0 bridgehead atoms. The van der Waals surface area contributed by atoms with Crippen molar-refractivity contribution in [2.24, 2.45) is 5.73 Å². The minimum Gasteiger partial charge on any atom is -0.507 e. The first-order chi connectivity index (χ1) is 8.48. The van der Waals surface area contributed by atoms with Gasteiger partial charge >= 0.3 is 0 Å². The Kier molecular flexibility index (Phi) is 5.89. The first-order valence-corrected chi connectivity index (χ1v) is 6.74. The average molecular weight is 298 g/mol. The van der Waals surface area contributed by atoms with Gasteiger partial charge in [-0.25, -0.2) is 0 Å². The van der Waals surface area contributed by atoms with Crippen LogP contribution in [0.4, 0.5) is 0 Å². The molecule has 0 aliphatic heterocycles.